The first-order valence-corrected chi connectivity index (χ1v) is 10.5. The summed E-state index contributed by atoms with van der Waals surface area (Å²) < 4.78 is 21.0. The molecular formula is C28H26O6. The van der Waals surface area contributed by atoms with Gasteiger partial charge in [-0.15, -0.1) is 0 Å². The highest BCUT2D eigenvalue weighted by atomic mass is 16.5. The fourth-order valence-electron chi connectivity index (χ4n) is 3.25. The van der Waals surface area contributed by atoms with E-state index in [1.54, 1.807) is 62.8 Å². The first kappa shape index (κ1) is 24.3. The summed E-state index contributed by atoms with van der Waals surface area (Å²) in [7, 11) is 6.12. The molecular weight excluding hydrogens is 432 g/mol. The lowest BCUT2D eigenvalue weighted by atomic mass is 10.1. The smallest absolute Gasteiger partial charge is 0.189 e. The zero-order chi connectivity index (χ0) is 24.5. The zero-order valence-corrected chi connectivity index (χ0v) is 19.5. The van der Waals surface area contributed by atoms with Crippen molar-refractivity contribution in [2.45, 2.75) is 0 Å². The Balaban J connectivity index is 1.71. The van der Waals surface area contributed by atoms with Crippen molar-refractivity contribution in [3.8, 4) is 23.0 Å². The van der Waals surface area contributed by atoms with E-state index < -0.39 is 0 Å². The first-order valence-electron chi connectivity index (χ1n) is 10.5. The fraction of sp³-hybridized carbons (Fsp3) is 0.143. The first-order chi connectivity index (χ1) is 16.5. The van der Waals surface area contributed by atoms with Gasteiger partial charge in [0.25, 0.3) is 0 Å². The summed E-state index contributed by atoms with van der Waals surface area (Å²) in [6.45, 7) is 0. The Kier molecular flexibility index (Phi) is 8.24. The van der Waals surface area contributed by atoms with Gasteiger partial charge in [-0.1, -0.05) is 36.4 Å². The number of benzene rings is 3. The van der Waals surface area contributed by atoms with Crippen molar-refractivity contribution in [2.75, 3.05) is 28.4 Å². The Morgan fingerprint density at radius 2 is 0.941 bits per heavy atom. The molecule has 174 valence electrons. The minimum Gasteiger partial charge on any atom is -0.497 e. The van der Waals surface area contributed by atoms with E-state index >= 15 is 0 Å². The molecule has 0 aliphatic carbocycles. The van der Waals surface area contributed by atoms with Crippen LogP contribution in [0.2, 0.25) is 0 Å². The molecule has 0 atom stereocenters. The van der Waals surface area contributed by atoms with Gasteiger partial charge in [-0.3, -0.25) is 9.59 Å². The lowest BCUT2D eigenvalue weighted by Crippen LogP contribution is -2.00. The average Bonchev–Trinajstić information content (AvgIpc) is 2.89. The summed E-state index contributed by atoms with van der Waals surface area (Å²) in [4.78, 5) is 25.3. The number of rotatable bonds is 10. The number of carbonyl (C=O) groups excluding carboxylic acids is 2. The molecule has 0 fully saturated rings. The average molecular weight is 459 g/mol. The molecule has 0 bridgehead atoms. The highest BCUT2D eigenvalue weighted by Gasteiger charge is 2.12. The van der Waals surface area contributed by atoms with Crippen LogP contribution in [0.4, 0.5) is 0 Å². The van der Waals surface area contributed by atoms with E-state index in [0.717, 1.165) is 11.1 Å². The van der Waals surface area contributed by atoms with Crippen molar-refractivity contribution < 1.29 is 28.5 Å². The standard InChI is InChI=1S/C28H26O6/c1-31-21-11-15-27(33-3)23(17-21)25(29)13-9-19-5-7-20(8-6-19)10-14-26(30)24-18-22(32-2)12-16-28(24)34-4/h5-18H,1-4H3/b13-9+,14-10+. The van der Waals surface area contributed by atoms with Gasteiger partial charge in [0, 0.05) is 0 Å². The molecule has 0 amide bonds. The van der Waals surface area contributed by atoms with E-state index in [0.29, 0.717) is 34.1 Å². The van der Waals surface area contributed by atoms with Crippen molar-refractivity contribution >= 4 is 23.7 Å². The third-order valence-corrected chi connectivity index (χ3v) is 5.13. The Morgan fingerprint density at radius 3 is 1.26 bits per heavy atom. The molecule has 3 aromatic rings. The Morgan fingerprint density at radius 1 is 0.559 bits per heavy atom. The van der Waals surface area contributed by atoms with Crippen molar-refractivity contribution in [1.82, 2.24) is 0 Å². The summed E-state index contributed by atoms with van der Waals surface area (Å²) in [6, 6.07) is 17.6. The van der Waals surface area contributed by atoms with Gasteiger partial charge in [0.1, 0.15) is 23.0 Å². The van der Waals surface area contributed by atoms with Gasteiger partial charge in [0.2, 0.25) is 0 Å². The third-order valence-electron chi connectivity index (χ3n) is 5.13. The van der Waals surface area contributed by atoms with Gasteiger partial charge in [-0.05, 0) is 59.7 Å². The van der Waals surface area contributed by atoms with Gasteiger partial charge < -0.3 is 18.9 Å². The molecule has 3 aromatic carbocycles. The molecule has 0 radical (unpaired) electrons. The van der Waals surface area contributed by atoms with Crippen LogP contribution >= 0.6 is 0 Å². The molecule has 34 heavy (non-hydrogen) atoms. The fourth-order valence-corrected chi connectivity index (χ4v) is 3.25. The molecule has 6 heteroatoms. The minimum atomic E-state index is -0.197. The number of hydrogen-bond acceptors (Lipinski definition) is 6. The van der Waals surface area contributed by atoms with Crippen LogP contribution in [0.1, 0.15) is 31.8 Å². The predicted molar refractivity (Wildman–Crippen MR) is 132 cm³/mol. The predicted octanol–water partition coefficient (Wildman–Crippen LogP) is 5.51. The van der Waals surface area contributed by atoms with Crippen LogP contribution in [-0.2, 0) is 0 Å². The van der Waals surface area contributed by atoms with E-state index in [2.05, 4.69) is 0 Å². The molecule has 6 nitrogen and oxygen atoms in total. The Labute approximate surface area is 199 Å². The second-order valence-electron chi connectivity index (χ2n) is 7.19. The van der Waals surface area contributed by atoms with Crippen LogP contribution in [0.15, 0.2) is 72.8 Å². The maximum atomic E-state index is 12.7. The SMILES string of the molecule is COc1ccc(OC)c(C(=O)/C=C/c2ccc(/C=C/C(=O)c3cc(OC)ccc3OC)cc2)c1. The number of carbonyl (C=O) groups is 2. The van der Waals surface area contributed by atoms with Gasteiger partial charge in [0.05, 0.1) is 39.6 Å². The van der Waals surface area contributed by atoms with Crippen LogP contribution in [0.3, 0.4) is 0 Å². The molecule has 0 spiro atoms. The molecule has 0 N–H and O–H groups in total. The highest BCUT2D eigenvalue weighted by Crippen LogP contribution is 2.26. The maximum absolute atomic E-state index is 12.7. The van der Waals surface area contributed by atoms with Gasteiger partial charge in [-0.25, -0.2) is 0 Å². The summed E-state index contributed by atoms with van der Waals surface area (Å²) in [5, 5.41) is 0. The van der Waals surface area contributed by atoms with Gasteiger partial charge in [-0.2, -0.15) is 0 Å². The van der Waals surface area contributed by atoms with Crippen LogP contribution in [0, 0.1) is 0 Å². The van der Waals surface area contributed by atoms with E-state index in [1.807, 2.05) is 24.3 Å². The molecule has 0 unspecified atom stereocenters. The number of allylic oxidation sites excluding steroid dienone is 2. The molecule has 0 aromatic heterocycles. The quantitative estimate of drug-likeness (QED) is 0.295. The summed E-state index contributed by atoms with van der Waals surface area (Å²) in [5.74, 6) is 1.72. The number of hydrogen-bond donors (Lipinski definition) is 0. The summed E-state index contributed by atoms with van der Waals surface area (Å²) in [5.41, 5.74) is 2.52. The van der Waals surface area contributed by atoms with Crippen LogP contribution in [-0.4, -0.2) is 40.0 Å². The van der Waals surface area contributed by atoms with Crippen molar-refractivity contribution in [1.29, 1.82) is 0 Å². The number of ether oxygens (including phenoxy) is 4. The Bertz CT molecular complexity index is 1130. The monoisotopic (exact) mass is 458 g/mol. The number of methoxy groups -OCH3 is 4. The molecule has 0 saturated heterocycles. The van der Waals surface area contributed by atoms with Gasteiger partial charge >= 0.3 is 0 Å². The largest absolute Gasteiger partial charge is 0.497 e. The van der Waals surface area contributed by atoms with Crippen molar-refractivity contribution in [2.24, 2.45) is 0 Å². The molecule has 0 aliphatic rings. The molecule has 0 aliphatic heterocycles. The van der Waals surface area contributed by atoms with Crippen LogP contribution in [0.5, 0.6) is 23.0 Å². The maximum Gasteiger partial charge on any atom is 0.189 e. The summed E-state index contributed by atoms with van der Waals surface area (Å²) >= 11 is 0. The van der Waals surface area contributed by atoms with Gasteiger partial charge in [0.15, 0.2) is 11.6 Å². The normalized spacial score (nSPS) is 10.9. The lowest BCUT2D eigenvalue weighted by molar-refractivity contribution is 0.103. The zero-order valence-electron chi connectivity index (χ0n) is 19.5. The summed E-state index contributed by atoms with van der Waals surface area (Å²) in [6.07, 6.45) is 6.42. The van der Waals surface area contributed by atoms with Crippen molar-refractivity contribution in [3.05, 3.63) is 95.1 Å². The topological polar surface area (TPSA) is 71.1 Å². The van der Waals surface area contributed by atoms with E-state index in [9.17, 15) is 9.59 Å². The van der Waals surface area contributed by atoms with Crippen LogP contribution < -0.4 is 18.9 Å². The molecule has 0 saturated carbocycles. The highest BCUT2D eigenvalue weighted by molar-refractivity contribution is 6.09. The molecule has 3 rings (SSSR count). The molecule has 0 heterocycles. The van der Waals surface area contributed by atoms with E-state index in [1.165, 1.54) is 26.4 Å². The van der Waals surface area contributed by atoms with Crippen molar-refractivity contribution in [3.63, 3.8) is 0 Å². The lowest BCUT2D eigenvalue weighted by Gasteiger charge is -2.08. The second-order valence-corrected chi connectivity index (χ2v) is 7.19. The van der Waals surface area contributed by atoms with E-state index in [4.69, 9.17) is 18.9 Å². The van der Waals surface area contributed by atoms with E-state index in [-0.39, 0.29) is 11.6 Å². The third kappa shape index (κ3) is 5.92. The minimum absolute atomic E-state index is 0.197. The second kappa shape index (κ2) is 11.5. The van der Waals surface area contributed by atoms with Crippen LogP contribution in [0.25, 0.3) is 12.2 Å². The Hall–Kier alpha value is -4.32. The number of ketones is 2.